The average Bonchev–Trinajstić information content (AvgIpc) is 2.60. The van der Waals surface area contributed by atoms with Crippen molar-refractivity contribution in [1.29, 1.82) is 0 Å². The number of urea groups is 1. The lowest BCUT2D eigenvalue weighted by molar-refractivity contribution is 0.171. The van der Waals surface area contributed by atoms with Crippen LogP contribution in [0.15, 0.2) is 48.5 Å². The minimum Gasteiger partial charge on any atom is -0.486 e. The zero-order valence-corrected chi connectivity index (χ0v) is 13.9. The molecule has 0 bridgehead atoms. The van der Waals surface area contributed by atoms with E-state index in [9.17, 15) is 4.79 Å². The van der Waals surface area contributed by atoms with Crippen LogP contribution in [-0.4, -0.2) is 19.2 Å². The summed E-state index contributed by atoms with van der Waals surface area (Å²) in [6.07, 6.45) is 0. The summed E-state index contributed by atoms with van der Waals surface area (Å²) in [7, 11) is 0. The summed E-state index contributed by atoms with van der Waals surface area (Å²) in [5, 5.41) is 5.89. The third-order valence-corrected chi connectivity index (χ3v) is 3.91. The van der Waals surface area contributed by atoms with Gasteiger partial charge in [0.15, 0.2) is 11.5 Å². The Morgan fingerprint density at radius 2 is 1.71 bits per heavy atom. The Kier molecular flexibility index (Phi) is 4.89. The third kappa shape index (κ3) is 3.79. The van der Waals surface area contributed by atoms with Crippen molar-refractivity contribution in [2.24, 2.45) is 5.92 Å². The molecule has 0 unspecified atom stereocenters. The van der Waals surface area contributed by atoms with E-state index in [1.54, 1.807) is 0 Å². The number of anilines is 1. The smallest absolute Gasteiger partial charge is 0.319 e. The molecule has 0 spiro atoms. The molecular formula is C19H22N2O3. The summed E-state index contributed by atoms with van der Waals surface area (Å²) in [5.74, 6) is 1.71. The van der Waals surface area contributed by atoms with Crippen molar-refractivity contribution in [3.8, 4) is 11.5 Å². The second kappa shape index (κ2) is 7.25. The summed E-state index contributed by atoms with van der Waals surface area (Å²) >= 11 is 0. The summed E-state index contributed by atoms with van der Waals surface area (Å²) in [5.41, 5.74) is 1.76. The van der Waals surface area contributed by atoms with Gasteiger partial charge in [-0.25, -0.2) is 4.79 Å². The van der Waals surface area contributed by atoms with Gasteiger partial charge in [0.2, 0.25) is 0 Å². The molecule has 0 aliphatic carbocycles. The molecule has 1 atom stereocenters. The monoisotopic (exact) mass is 326 g/mol. The van der Waals surface area contributed by atoms with Gasteiger partial charge in [-0.05, 0) is 35.7 Å². The van der Waals surface area contributed by atoms with E-state index in [4.69, 9.17) is 9.47 Å². The Morgan fingerprint density at radius 1 is 1.00 bits per heavy atom. The molecule has 0 saturated carbocycles. The van der Waals surface area contributed by atoms with Crippen molar-refractivity contribution in [3.63, 3.8) is 0 Å². The van der Waals surface area contributed by atoms with Crippen molar-refractivity contribution >= 4 is 11.7 Å². The zero-order valence-electron chi connectivity index (χ0n) is 13.9. The molecule has 1 heterocycles. The SMILES string of the molecule is CC(C)[C@H](NC(=O)Nc1ccccc1)c1ccc2c(c1)OCCO2. The van der Waals surface area contributed by atoms with E-state index in [-0.39, 0.29) is 18.0 Å². The number of hydrogen-bond donors (Lipinski definition) is 2. The van der Waals surface area contributed by atoms with Gasteiger partial charge in [0.05, 0.1) is 6.04 Å². The molecule has 2 amide bonds. The van der Waals surface area contributed by atoms with Gasteiger partial charge < -0.3 is 20.1 Å². The third-order valence-electron chi connectivity index (χ3n) is 3.91. The Balaban J connectivity index is 1.74. The molecule has 1 aliphatic heterocycles. The number of amides is 2. The normalized spacial score (nSPS) is 14.1. The van der Waals surface area contributed by atoms with Gasteiger partial charge in [0.25, 0.3) is 0 Å². The Hall–Kier alpha value is -2.69. The number of rotatable bonds is 4. The maximum absolute atomic E-state index is 12.3. The lowest BCUT2D eigenvalue weighted by Gasteiger charge is -2.25. The standard InChI is InChI=1S/C19H22N2O3/c1-13(2)18(21-19(22)20-15-6-4-3-5-7-15)14-8-9-16-17(12-14)24-11-10-23-16/h3-9,12-13,18H,10-11H2,1-2H3,(H2,20,21,22)/t18-/m0/s1. The highest BCUT2D eigenvalue weighted by atomic mass is 16.6. The molecule has 126 valence electrons. The fraction of sp³-hybridized carbons (Fsp3) is 0.316. The van der Waals surface area contributed by atoms with E-state index in [1.165, 1.54) is 0 Å². The molecule has 24 heavy (non-hydrogen) atoms. The van der Waals surface area contributed by atoms with Gasteiger partial charge >= 0.3 is 6.03 Å². The summed E-state index contributed by atoms with van der Waals surface area (Å²) in [6.45, 7) is 5.26. The highest BCUT2D eigenvalue weighted by Crippen LogP contribution is 2.34. The largest absolute Gasteiger partial charge is 0.486 e. The topological polar surface area (TPSA) is 59.6 Å². The first-order chi connectivity index (χ1) is 11.6. The first kappa shape index (κ1) is 16.2. The number of hydrogen-bond acceptors (Lipinski definition) is 3. The van der Waals surface area contributed by atoms with Gasteiger partial charge in [0, 0.05) is 5.69 Å². The molecule has 0 aromatic heterocycles. The van der Waals surface area contributed by atoms with Crippen LogP contribution in [-0.2, 0) is 0 Å². The van der Waals surface area contributed by atoms with Crippen molar-refractivity contribution in [2.75, 3.05) is 18.5 Å². The van der Waals surface area contributed by atoms with Gasteiger partial charge in [-0.15, -0.1) is 0 Å². The summed E-state index contributed by atoms with van der Waals surface area (Å²) in [4.78, 5) is 12.3. The van der Waals surface area contributed by atoms with Crippen molar-refractivity contribution in [3.05, 3.63) is 54.1 Å². The number of nitrogens with one attached hydrogen (secondary N) is 2. The van der Waals surface area contributed by atoms with Crippen LogP contribution in [0.1, 0.15) is 25.5 Å². The minimum atomic E-state index is -0.227. The van der Waals surface area contributed by atoms with E-state index in [0.29, 0.717) is 13.2 Å². The van der Waals surface area contributed by atoms with E-state index >= 15 is 0 Å². The molecule has 2 aromatic carbocycles. The molecule has 5 heteroatoms. The van der Waals surface area contributed by atoms with Crippen molar-refractivity contribution in [1.82, 2.24) is 5.32 Å². The van der Waals surface area contributed by atoms with E-state index in [1.807, 2.05) is 48.5 Å². The number of ether oxygens (including phenoxy) is 2. The Labute approximate surface area is 142 Å². The molecule has 1 aliphatic rings. The van der Waals surface area contributed by atoms with Gasteiger partial charge in [-0.1, -0.05) is 38.1 Å². The van der Waals surface area contributed by atoms with Crippen LogP contribution in [0.25, 0.3) is 0 Å². The molecule has 5 nitrogen and oxygen atoms in total. The minimum absolute atomic E-state index is 0.121. The summed E-state index contributed by atoms with van der Waals surface area (Å²) in [6, 6.07) is 14.9. The fourth-order valence-corrected chi connectivity index (χ4v) is 2.72. The molecule has 2 aromatic rings. The number of carbonyl (C=O) groups is 1. The molecule has 3 rings (SSSR count). The van der Waals surface area contributed by atoms with Crippen LogP contribution in [0.4, 0.5) is 10.5 Å². The van der Waals surface area contributed by atoms with Crippen LogP contribution in [0, 0.1) is 5.92 Å². The predicted molar refractivity (Wildman–Crippen MR) is 93.6 cm³/mol. The fourth-order valence-electron chi connectivity index (χ4n) is 2.72. The molecule has 0 saturated heterocycles. The maximum Gasteiger partial charge on any atom is 0.319 e. The van der Waals surface area contributed by atoms with Gasteiger partial charge in [0.1, 0.15) is 13.2 Å². The first-order valence-corrected chi connectivity index (χ1v) is 8.15. The van der Waals surface area contributed by atoms with Crippen LogP contribution in [0.5, 0.6) is 11.5 Å². The van der Waals surface area contributed by atoms with E-state index in [2.05, 4.69) is 24.5 Å². The van der Waals surface area contributed by atoms with Crippen LogP contribution in [0.3, 0.4) is 0 Å². The highest BCUT2D eigenvalue weighted by molar-refractivity contribution is 5.89. The second-order valence-corrected chi connectivity index (χ2v) is 6.09. The predicted octanol–water partition coefficient (Wildman–Crippen LogP) is 3.98. The van der Waals surface area contributed by atoms with E-state index < -0.39 is 0 Å². The quantitative estimate of drug-likeness (QED) is 0.893. The van der Waals surface area contributed by atoms with E-state index in [0.717, 1.165) is 22.7 Å². The van der Waals surface area contributed by atoms with Crippen molar-refractivity contribution in [2.45, 2.75) is 19.9 Å². The first-order valence-electron chi connectivity index (χ1n) is 8.15. The number of carbonyl (C=O) groups excluding carboxylic acids is 1. The molecule has 0 fully saturated rings. The second-order valence-electron chi connectivity index (χ2n) is 6.09. The highest BCUT2D eigenvalue weighted by Gasteiger charge is 2.21. The van der Waals surface area contributed by atoms with Crippen molar-refractivity contribution < 1.29 is 14.3 Å². The number of fused-ring (bicyclic) bond motifs is 1. The van der Waals surface area contributed by atoms with Crippen LogP contribution in [0.2, 0.25) is 0 Å². The van der Waals surface area contributed by atoms with Gasteiger partial charge in [-0.3, -0.25) is 0 Å². The molecule has 2 N–H and O–H groups in total. The van der Waals surface area contributed by atoms with Crippen LogP contribution < -0.4 is 20.1 Å². The Bertz CT molecular complexity index is 701. The lowest BCUT2D eigenvalue weighted by atomic mass is 9.95. The number of para-hydroxylation sites is 1. The summed E-state index contributed by atoms with van der Waals surface area (Å²) < 4.78 is 11.2. The Morgan fingerprint density at radius 3 is 2.42 bits per heavy atom. The zero-order chi connectivity index (χ0) is 16.9. The van der Waals surface area contributed by atoms with Crippen LogP contribution >= 0.6 is 0 Å². The van der Waals surface area contributed by atoms with Gasteiger partial charge in [-0.2, -0.15) is 0 Å². The number of benzene rings is 2. The average molecular weight is 326 g/mol. The maximum atomic E-state index is 12.3. The molecule has 0 radical (unpaired) electrons. The lowest BCUT2D eigenvalue weighted by Crippen LogP contribution is -2.35. The molecular weight excluding hydrogens is 304 g/mol.